The van der Waals surface area contributed by atoms with Crippen LogP contribution < -0.4 is 11.0 Å². The minimum absolute atomic E-state index is 0.00733. The number of hydrogen-bond donors (Lipinski definition) is 1. The van der Waals surface area contributed by atoms with Crippen LogP contribution in [0.2, 0.25) is 0 Å². The van der Waals surface area contributed by atoms with E-state index in [2.05, 4.69) is 15.6 Å². The molecule has 2 aromatic heterocycles. The summed E-state index contributed by atoms with van der Waals surface area (Å²) < 4.78 is 8.17. The molecular weight excluding hydrogens is 298 g/mol. The van der Waals surface area contributed by atoms with Crippen LogP contribution in [0.3, 0.4) is 0 Å². The van der Waals surface area contributed by atoms with E-state index >= 15 is 0 Å². The van der Waals surface area contributed by atoms with Crippen LogP contribution in [0.15, 0.2) is 9.32 Å². The Bertz CT molecular complexity index is 786. The zero-order chi connectivity index (χ0) is 16.6. The number of amides is 1. The predicted molar refractivity (Wildman–Crippen MR) is 82.3 cm³/mol. The molecule has 23 heavy (non-hydrogen) atoms. The third kappa shape index (κ3) is 2.80. The molecule has 3 rings (SSSR count). The van der Waals surface area contributed by atoms with Crippen LogP contribution in [0.25, 0.3) is 0 Å². The molecule has 1 amide bonds. The number of nitrogens with one attached hydrogen (secondary N) is 1. The minimum atomic E-state index is -0.155. The lowest BCUT2D eigenvalue weighted by Crippen LogP contribution is -2.36. The van der Waals surface area contributed by atoms with Gasteiger partial charge in [-0.2, -0.15) is 5.10 Å². The van der Waals surface area contributed by atoms with Crippen molar-refractivity contribution >= 4 is 5.91 Å². The van der Waals surface area contributed by atoms with Gasteiger partial charge in [0.2, 0.25) is 0 Å². The van der Waals surface area contributed by atoms with Crippen molar-refractivity contribution in [3.8, 4) is 0 Å². The molecule has 0 spiro atoms. The molecule has 124 valence electrons. The van der Waals surface area contributed by atoms with Gasteiger partial charge in [0.25, 0.3) is 5.91 Å². The second-order valence-electron chi connectivity index (χ2n) is 5.89. The van der Waals surface area contributed by atoms with E-state index in [0.29, 0.717) is 42.8 Å². The monoisotopic (exact) mass is 319 g/mol. The molecule has 0 aromatic carbocycles. The quantitative estimate of drug-likeness (QED) is 0.892. The fraction of sp³-hybridized carbons (Fsp3) is 0.600. The van der Waals surface area contributed by atoms with Crippen molar-refractivity contribution in [2.75, 3.05) is 0 Å². The van der Waals surface area contributed by atoms with E-state index < -0.39 is 0 Å². The largest absolute Gasteiger partial charge is 0.361 e. The molecule has 0 aliphatic carbocycles. The van der Waals surface area contributed by atoms with Gasteiger partial charge in [0.1, 0.15) is 17.1 Å². The van der Waals surface area contributed by atoms with Crippen LogP contribution >= 0.6 is 0 Å². The molecule has 0 saturated carbocycles. The van der Waals surface area contributed by atoms with Gasteiger partial charge in [-0.3, -0.25) is 9.36 Å². The molecule has 8 nitrogen and oxygen atoms in total. The third-order valence-electron chi connectivity index (χ3n) is 4.33. The Kier molecular flexibility index (Phi) is 4.06. The molecule has 1 N–H and O–H groups in total. The summed E-state index contributed by atoms with van der Waals surface area (Å²) in [6.45, 7) is 4.25. The fourth-order valence-electron chi connectivity index (χ4n) is 3.05. The van der Waals surface area contributed by atoms with Gasteiger partial charge in [-0.1, -0.05) is 12.1 Å². The maximum absolute atomic E-state index is 12.5. The second-order valence-corrected chi connectivity index (χ2v) is 5.89. The van der Waals surface area contributed by atoms with Gasteiger partial charge in [-0.15, -0.1) is 0 Å². The minimum Gasteiger partial charge on any atom is -0.361 e. The summed E-state index contributed by atoms with van der Waals surface area (Å²) in [5.74, 6) is 1.16. The molecule has 8 heteroatoms. The first-order valence-electron chi connectivity index (χ1n) is 7.90. The molecule has 0 radical (unpaired) electrons. The standard InChI is InChI=1S/C15H21N5O3/c1-4-11-13(9(2)23-18-11)14(21)16-10-5-6-12-17-19(3)15(22)20(12)8-7-10/h10H,4-8H2,1-3H3,(H,16,21). The van der Waals surface area contributed by atoms with Crippen LogP contribution in [-0.4, -0.2) is 31.5 Å². The van der Waals surface area contributed by atoms with Gasteiger partial charge in [0.15, 0.2) is 0 Å². The lowest BCUT2D eigenvalue weighted by molar-refractivity contribution is 0.0930. The van der Waals surface area contributed by atoms with Crippen LogP contribution in [-0.2, 0) is 26.4 Å². The Labute approximate surface area is 133 Å². The van der Waals surface area contributed by atoms with Crippen LogP contribution in [0, 0.1) is 6.92 Å². The van der Waals surface area contributed by atoms with E-state index in [9.17, 15) is 9.59 Å². The van der Waals surface area contributed by atoms with Crippen LogP contribution in [0.1, 0.15) is 47.4 Å². The number of hydrogen-bond acceptors (Lipinski definition) is 5. The van der Waals surface area contributed by atoms with E-state index in [0.717, 1.165) is 12.2 Å². The summed E-state index contributed by atoms with van der Waals surface area (Å²) in [6.07, 6.45) is 2.78. The Morgan fingerprint density at radius 2 is 2.22 bits per heavy atom. The zero-order valence-corrected chi connectivity index (χ0v) is 13.6. The number of rotatable bonds is 3. The van der Waals surface area contributed by atoms with Gasteiger partial charge >= 0.3 is 5.69 Å². The Morgan fingerprint density at radius 1 is 1.43 bits per heavy atom. The van der Waals surface area contributed by atoms with Gasteiger partial charge in [0, 0.05) is 26.1 Å². The van der Waals surface area contributed by atoms with Gasteiger partial charge in [-0.25, -0.2) is 9.48 Å². The van der Waals surface area contributed by atoms with Gasteiger partial charge in [-0.05, 0) is 26.2 Å². The summed E-state index contributed by atoms with van der Waals surface area (Å²) in [4.78, 5) is 24.5. The van der Waals surface area contributed by atoms with Gasteiger partial charge < -0.3 is 9.84 Å². The molecule has 1 aliphatic heterocycles. The Morgan fingerprint density at radius 3 is 2.96 bits per heavy atom. The highest BCUT2D eigenvalue weighted by atomic mass is 16.5. The number of aryl methyl sites for hydroxylation is 4. The summed E-state index contributed by atoms with van der Waals surface area (Å²) in [5.41, 5.74) is 1.11. The third-order valence-corrected chi connectivity index (χ3v) is 4.33. The molecular formula is C15H21N5O3. The topological polar surface area (TPSA) is 95.0 Å². The van der Waals surface area contributed by atoms with Crippen molar-refractivity contribution < 1.29 is 9.32 Å². The molecule has 0 saturated heterocycles. The number of aromatic nitrogens is 4. The lowest BCUT2D eigenvalue weighted by Gasteiger charge is -2.16. The van der Waals surface area contributed by atoms with Crippen molar-refractivity contribution in [3.63, 3.8) is 0 Å². The highest BCUT2D eigenvalue weighted by molar-refractivity contribution is 5.96. The van der Waals surface area contributed by atoms with E-state index in [1.165, 1.54) is 4.68 Å². The molecule has 1 unspecified atom stereocenters. The first kappa shape index (κ1) is 15.5. The average Bonchev–Trinajstić information content (AvgIpc) is 2.95. The predicted octanol–water partition coefficient (Wildman–Crippen LogP) is 0.576. The maximum Gasteiger partial charge on any atom is 0.345 e. The first-order chi connectivity index (χ1) is 11.0. The molecule has 1 atom stereocenters. The van der Waals surface area contributed by atoms with Gasteiger partial charge in [0.05, 0.1) is 5.69 Å². The normalized spacial score (nSPS) is 17.6. The van der Waals surface area contributed by atoms with E-state index in [1.807, 2.05) is 6.92 Å². The van der Waals surface area contributed by atoms with E-state index in [4.69, 9.17) is 4.52 Å². The lowest BCUT2D eigenvalue weighted by atomic mass is 10.1. The summed E-state index contributed by atoms with van der Waals surface area (Å²) in [6, 6.07) is 0.00733. The second kappa shape index (κ2) is 6.02. The number of nitrogens with zero attached hydrogens (tertiary/aromatic N) is 4. The number of carbonyl (C=O) groups excluding carboxylic acids is 1. The zero-order valence-electron chi connectivity index (χ0n) is 13.6. The van der Waals surface area contributed by atoms with Crippen molar-refractivity contribution in [2.24, 2.45) is 7.05 Å². The Balaban J connectivity index is 1.71. The summed E-state index contributed by atoms with van der Waals surface area (Å²) in [5, 5.41) is 11.2. The van der Waals surface area contributed by atoms with Crippen LogP contribution in [0.5, 0.6) is 0 Å². The number of carbonyl (C=O) groups is 1. The van der Waals surface area contributed by atoms with E-state index in [1.54, 1.807) is 18.5 Å². The molecule has 1 aliphatic rings. The first-order valence-corrected chi connectivity index (χ1v) is 7.90. The fourth-order valence-corrected chi connectivity index (χ4v) is 3.05. The molecule has 3 heterocycles. The maximum atomic E-state index is 12.5. The smallest absolute Gasteiger partial charge is 0.345 e. The number of fused-ring (bicyclic) bond motifs is 1. The Hall–Kier alpha value is -2.38. The summed E-state index contributed by atoms with van der Waals surface area (Å²) >= 11 is 0. The molecule has 2 aromatic rings. The molecule has 0 fully saturated rings. The van der Waals surface area contributed by atoms with Crippen LogP contribution in [0.4, 0.5) is 0 Å². The van der Waals surface area contributed by atoms with Crippen molar-refractivity contribution in [2.45, 2.75) is 52.1 Å². The van der Waals surface area contributed by atoms with Crippen molar-refractivity contribution in [1.29, 1.82) is 0 Å². The van der Waals surface area contributed by atoms with E-state index in [-0.39, 0.29) is 17.6 Å². The highest BCUT2D eigenvalue weighted by Crippen LogP contribution is 2.16. The van der Waals surface area contributed by atoms with Crippen molar-refractivity contribution in [1.82, 2.24) is 24.8 Å². The average molecular weight is 319 g/mol. The highest BCUT2D eigenvalue weighted by Gasteiger charge is 2.24. The summed E-state index contributed by atoms with van der Waals surface area (Å²) in [7, 11) is 1.66. The van der Waals surface area contributed by atoms with Crippen molar-refractivity contribution in [3.05, 3.63) is 33.3 Å². The SMILES string of the molecule is CCc1noc(C)c1C(=O)NC1CCc2nn(C)c(=O)n2CC1. The molecule has 0 bridgehead atoms.